The van der Waals surface area contributed by atoms with Crippen molar-refractivity contribution in [3.8, 4) is 0 Å². The summed E-state index contributed by atoms with van der Waals surface area (Å²) in [6.45, 7) is 6.49. The minimum atomic E-state index is -1.37. The Bertz CT molecular complexity index is 391. The van der Waals surface area contributed by atoms with E-state index < -0.39 is 7.12 Å². The van der Waals surface area contributed by atoms with Crippen molar-refractivity contribution in [2.75, 3.05) is 6.54 Å². The molecule has 2 N–H and O–H groups in total. The van der Waals surface area contributed by atoms with Crippen LogP contribution in [0.2, 0.25) is 0 Å². The highest BCUT2D eigenvalue weighted by Crippen LogP contribution is 2.28. The molecule has 0 bridgehead atoms. The number of hydrogen-bond acceptors (Lipinski definition) is 3. The first kappa shape index (κ1) is 13.6. The lowest BCUT2D eigenvalue weighted by atomic mass is 9.79. The van der Waals surface area contributed by atoms with Crippen LogP contribution in [0.4, 0.5) is 0 Å². The summed E-state index contributed by atoms with van der Waals surface area (Å²) in [5, 5.41) is 18.4. The van der Waals surface area contributed by atoms with Crippen LogP contribution in [-0.2, 0) is 6.54 Å². The summed E-state index contributed by atoms with van der Waals surface area (Å²) in [7, 11) is -1.37. The van der Waals surface area contributed by atoms with Gasteiger partial charge in [0.15, 0.2) is 0 Å². The molecule has 0 aliphatic heterocycles. The van der Waals surface area contributed by atoms with Gasteiger partial charge in [0.05, 0.1) is 0 Å². The minimum absolute atomic E-state index is 0.577. The van der Waals surface area contributed by atoms with Gasteiger partial charge in [-0.2, -0.15) is 0 Å². The summed E-state index contributed by atoms with van der Waals surface area (Å²) in [5.74, 6) is 0.664. The van der Waals surface area contributed by atoms with Crippen LogP contribution in [0, 0.1) is 5.92 Å². The van der Waals surface area contributed by atoms with E-state index in [9.17, 15) is 10.0 Å². The molecule has 4 heteroatoms. The van der Waals surface area contributed by atoms with Crippen molar-refractivity contribution in [3.05, 3.63) is 29.8 Å². The number of hydrogen-bond donors (Lipinski definition) is 2. The predicted molar refractivity (Wildman–Crippen MR) is 74.5 cm³/mol. The molecule has 3 nitrogen and oxygen atoms in total. The largest absolute Gasteiger partial charge is 0.488 e. The van der Waals surface area contributed by atoms with Gasteiger partial charge in [0.1, 0.15) is 0 Å². The van der Waals surface area contributed by atoms with E-state index in [2.05, 4.69) is 24.8 Å². The zero-order valence-corrected chi connectivity index (χ0v) is 11.2. The second kappa shape index (κ2) is 5.87. The molecule has 0 atom stereocenters. The molecule has 1 aromatic rings. The van der Waals surface area contributed by atoms with Crippen LogP contribution in [0.1, 0.15) is 32.3 Å². The van der Waals surface area contributed by atoms with Gasteiger partial charge in [-0.25, -0.2) is 0 Å². The summed E-state index contributed by atoms with van der Waals surface area (Å²) in [6.07, 6.45) is 2.60. The molecule has 18 heavy (non-hydrogen) atoms. The lowest BCUT2D eigenvalue weighted by Gasteiger charge is -2.24. The Morgan fingerprint density at radius 1 is 1.33 bits per heavy atom. The molecule has 0 heterocycles. The van der Waals surface area contributed by atoms with E-state index in [1.54, 1.807) is 6.07 Å². The standard InChI is InChI=1S/C14H22BNO2/c1-11(2)9-16(14-6-7-14)10-12-4-3-5-13(8-12)15(17)18/h3-5,8,11,14,17-18H,6-7,9-10H2,1-2H3. The molecule has 0 unspecified atom stereocenters. The quantitative estimate of drug-likeness (QED) is 0.737. The predicted octanol–water partition coefficient (Wildman–Crippen LogP) is 0.987. The van der Waals surface area contributed by atoms with Crippen LogP contribution in [0.5, 0.6) is 0 Å². The van der Waals surface area contributed by atoms with Crippen LogP contribution in [-0.4, -0.2) is 34.7 Å². The fourth-order valence-corrected chi connectivity index (χ4v) is 2.34. The Kier molecular flexibility index (Phi) is 4.43. The highest BCUT2D eigenvalue weighted by Gasteiger charge is 2.29. The average molecular weight is 247 g/mol. The first-order valence-corrected chi connectivity index (χ1v) is 6.75. The second-order valence-corrected chi connectivity index (χ2v) is 5.67. The van der Waals surface area contributed by atoms with E-state index in [4.69, 9.17) is 0 Å². The second-order valence-electron chi connectivity index (χ2n) is 5.67. The molecular formula is C14H22BNO2. The normalized spacial score (nSPS) is 15.4. The maximum atomic E-state index is 9.19. The average Bonchev–Trinajstić information content (AvgIpc) is 3.11. The zero-order valence-electron chi connectivity index (χ0n) is 11.2. The van der Waals surface area contributed by atoms with Gasteiger partial charge in [0, 0.05) is 19.1 Å². The summed E-state index contributed by atoms with van der Waals surface area (Å²) >= 11 is 0. The third-order valence-electron chi connectivity index (χ3n) is 3.30. The lowest BCUT2D eigenvalue weighted by Crippen LogP contribution is -2.32. The van der Waals surface area contributed by atoms with Crippen LogP contribution in [0.15, 0.2) is 24.3 Å². The van der Waals surface area contributed by atoms with Crippen molar-refractivity contribution in [1.82, 2.24) is 4.90 Å². The van der Waals surface area contributed by atoms with Gasteiger partial charge in [-0.15, -0.1) is 0 Å². The lowest BCUT2D eigenvalue weighted by molar-refractivity contribution is 0.226. The first-order valence-electron chi connectivity index (χ1n) is 6.75. The van der Waals surface area contributed by atoms with Crippen LogP contribution < -0.4 is 5.46 Å². The third-order valence-corrected chi connectivity index (χ3v) is 3.30. The Labute approximate surface area is 110 Å². The van der Waals surface area contributed by atoms with Gasteiger partial charge >= 0.3 is 7.12 Å². The Hall–Kier alpha value is -0.835. The molecule has 0 aromatic heterocycles. The Morgan fingerprint density at radius 3 is 2.61 bits per heavy atom. The van der Waals surface area contributed by atoms with E-state index in [0.717, 1.165) is 24.7 Å². The van der Waals surface area contributed by atoms with Crippen molar-refractivity contribution >= 4 is 12.6 Å². The van der Waals surface area contributed by atoms with E-state index >= 15 is 0 Å². The summed E-state index contributed by atoms with van der Waals surface area (Å²) in [4.78, 5) is 2.51. The molecule has 1 saturated carbocycles. The topological polar surface area (TPSA) is 43.7 Å². The highest BCUT2D eigenvalue weighted by atomic mass is 16.4. The third kappa shape index (κ3) is 3.84. The summed E-state index contributed by atoms with van der Waals surface area (Å²) in [6, 6.07) is 8.32. The SMILES string of the molecule is CC(C)CN(Cc1cccc(B(O)O)c1)C1CC1. The molecule has 1 aliphatic rings. The van der Waals surface area contributed by atoms with Gasteiger partial charge in [0.2, 0.25) is 0 Å². The highest BCUT2D eigenvalue weighted by molar-refractivity contribution is 6.58. The molecule has 0 amide bonds. The summed E-state index contributed by atoms with van der Waals surface area (Å²) < 4.78 is 0. The van der Waals surface area contributed by atoms with Crippen LogP contribution in [0.3, 0.4) is 0 Å². The first-order chi connectivity index (χ1) is 8.56. The molecule has 0 saturated heterocycles. The number of benzene rings is 1. The Balaban J connectivity index is 2.03. The maximum absolute atomic E-state index is 9.19. The van der Waals surface area contributed by atoms with Gasteiger partial charge in [0.25, 0.3) is 0 Å². The van der Waals surface area contributed by atoms with E-state index in [-0.39, 0.29) is 0 Å². The van der Waals surface area contributed by atoms with E-state index in [0.29, 0.717) is 11.4 Å². The summed E-state index contributed by atoms with van der Waals surface area (Å²) in [5.41, 5.74) is 1.74. The smallest absolute Gasteiger partial charge is 0.423 e. The fourth-order valence-electron chi connectivity index (χ4n) is 2.34. The van der Waals surface area contributed by atoms with Gasteiger partial charge in [-0.05, 0) is 29.8 Å². The zero-order chi connectivity index (χ0) is 13.1. The van der Waals surface area contributed by atoms with Gasteiger partial charge < -0.3 is 10.0 Å². The molecular weight excluding hydrogens is 225 g/mol. The molecule has 0 spiro atoms. The molecule has 98 valence electrons. The molecule has 1 aliphatic carbocycles. The molecule has 2 rings (SSSR count). The van der Waals surface area contributed by atoms with Crippen LogP contribution in [0.25, 0.3) is 0 Å². The van der Waals surface area contributed by atoms with E-state index in [1.165, 1.54) is 12.8 Å². The number of rotatable bonds is 6. The fraction of sp³-hybridized carbons (Fsp3) is 0.571. The van der Waals surface area contributed by atoms with Crippen molar-refractivity contribution in [2.24, 2.45) is 5.92 Å². The minimum Gasteiger partial charge on any atom is -0.423 e. The Morgan fingerprint density at radius 2 is 2.06 bits per heavy atom. The molecule has 1 aromatic carbocycles. The van der Waals surface area contributed by atoms with Crippen LogP contribution >= 0.6 is 0 Å². The maximum Gasteiger partial charge on any atom is 0.488 e. The van der Waals surface area contributed by atoms with E-state index in [1.807, 2.05) is 12.1 Å². The monoisotopic (exact) mass is 247 g/mol. The van der Waals surface area contributed by atoms with Crippen molar-refractivity contribution in [2.45, 2.75) is 39.3 Å². The molecule has 1 fully saturated rings. The van der Waals surface area contributed by atoms with Crippen molar-refractivity contribution < 1.29 is 10.0 Å². The van der Waals surface area contributed by atoms with Gasteiger partial charge in [-0.3, -0.25) is 4.90 Å². The number of nitrogens with zero attached hydrogens (tertiary/aromatic N) is 1. The van der Waals surface area contributed by atoms with Gasteiger partial charge in [-0.1, -0.05) is 38.1 Å². The van der Waals surface area contributed by atoms with Crippen molar-refractivity contribution in [1.29, 1.82) is 0 Å². The molecule has 0 radical (unpaired) electrons. The van der Waals surface area contributed by atoms with Crippen molar-refractivity contribution in [3.63, 3.8) is 0 Å².